The molecule has 0 atom stereocenters. The van der Waals surface area contributed by atoms with Crippen LogP contribution in [0.15, 0.2) is 97.1 Å². The summed E-state index contributed by atoms with van der Waals surface area (Å²) in [5.41, 5.74) is 0.379. The van der Waals surface area contributed by atoms with E-state index in [1.807, 2.05) is 0 Å². The van der Waals surface area contributed by atoms with Crippen LogP contribution < -0.4 is 10.2 Å². The zero-order valence-electron chi connectivity index (χ0n) is 29.5. The number of amides is 1. The number of rotatable bonds is 13. The summed E-state index contributed by atoms with van der Waals surface area (Å²) in [6.07, 6.45) is -1.78. The SMILES string of the molecule is CCOC(=O)C(COC(=O)Cc1ccc(NC(=O)c2ccccc2-c2ccc(C(F)(F)F)cc2)c(N2CCCCC2)c1)(C(=O)OCC)c1ccccc1. The maximum absolute atomic E-state index is 13.8. The van der Waals surface area contributed by atoms with E-state index in [-0.39, 0.29) is 30.8 Å². The van der Waals surface area contributed by atoms with E-state index in [0.29, 0.717) is 28.1 Å². The van der Waals surface area contributed by atoms with Gasteiger partial charge in [-0.2, -0.15) is 13.2 Å². The minimum Gasteiger partial charge on any atom is -0.465 e. The average molecular weight is 731 g/mol. The largest absolute Gasteiger partial charge is 0.465 e. The molecule has 4 aromatic carbocycles. The third kappa shape index (κ3) is 9.05. The van der Waals surface area contributed by atoms with Gasteiger partial charge >= 0.3 is 24.1 Å². The zero-order valence-corrected chi connectivity index (χ0v) is 29.5. The topological polar surface area (TPSA) is 111 Å². The summed E-state index contributed by atoms with van der Waals surface area (Å²) in [6, 6.07) is 24.6. The fourth-order valence-corrected chi connectivity index (χ4v) is 6.31. The Labute approximate surface area is 306 Å². The van der Waals surface area contributed by atoms with E-state index in [2.05, 4.69) is 10.2 Å². The molecule has 5 rings (SSSR count). The predicted octanol–water partition coefficient (Wildman–Crippen LogP) is 7.76. The van der Waals surface area contributed by atoms with Crippen molar-refractivity contribution in [1.29, 1.82) is 0 Å². The Morgan fingerprint density at radius 2 is 1.34 bits per heavy atom. The number of nitrogens with zero attached hydrogens (tertiary/aromatic N) is 1. The Morgan fingerprint density at radius 1 is 0.717 bits per heavy atom. The molecule has 1 amide bonds. The highest BCUT2D eigenvalue weighted by atomic mass is 19.4. The van der Waals surface area contributed by atoms with Crippen LogP contribution in [0.2, 0.25) is 0 Å². The first kappa shape index (κ1) is 38.6. The number of carbonyl (C=O) groups excluding carboxylic acids is 4. The smallest absolute Gasteiger partial charge is 0.416 e. The molecular weight excluding hydrogens is 689 g/mol. The normalized spacial score (nSPS) is 13.2. The zero-order chi connectivity index (χ0) is 38.0. The van der Waals surface area contributed by atoms with Gasteiger partial charge in [0, 0.05) is 18.7 Å². The Kier molecular flexibility index (Phi) is 12.6. The quantitative estimate of drug-likeness (QED) is 0.0845. The Morgan fingerprint density at radius 3 is 1.96 bits per heavy atom. The second kappa shape index (κ2) is 17.2. The second-order valence-electron chi connectivity index (χ2n) is 12.5. The van der Waals surface area contributed by atoms with Crippen LogP contribution in [0.1, 0.15) is 60.2 Å². The molecule has 4 aromatic rings. The molecule has 278 valence electrons. The first-order valence-corrected chi connectivity index (χ1v) is 17.5. The van der Waals surface area contributed by atoms with Gasteiger partial charge < -0.3 is 24.4 Å². The molecule has 0 saturated carbocycles. The van der Waals surface area contributed by atoms with Crippen molar-refractivity contribution < 1.29 is 46.6 Å². The van der Waals surface area contributed by atoms with Crippen molar-refractivity contribution in [3.8, 4) is 11.1 Å². The van der Waals surface area contributed by atoms with E-state index < -0.39 is 47.6 Å². The lowest BCUT2D eigenvalue weighted by molar-refractivity contribution is -0.170. The van der Waals surface area contributed by atoms with Gasteiger partial charge in [-0.25, -0.2) is 0 Å². The van der Waals surface area contributed by atoms with Crippen molar-refractivity contribution in [1.82, 2.24) is 0 Å². The van der Waals surface area contributed by atoms with E-state index in [1.165, 1.54) is 12.1 Å². The predicted molar refractivity (Wildman–Crippen MR) is 193 cm³/mol. The molecule has 0 bridgehead atoms. The molecule has 1 fully saturated rings. The van der Waals surface area contributed by atoms with Crippen molar-refractivity contribution in [2.45, 2.75) is 51.1 Å². The van der Waals surface area contributed by atoms with Crippen LogP contribution in [0, 0.1) is 0 Å². The van der Waals surface area contributed by atoms with Gasteiger partial charge in [0.15, 0.2) is 0 Å². The summed E-state index contributed by atoms with van der Waals surface area (Å²) in [5.74, 6) is -2.96. The number of hydrogen-bond acceptors (Lipinski definition) is 8. The third-order valence-electron chi connectivity index (χ3n) is 9.01. The number of ether oxygens (including phenoxy) is 3. The number of alkyl halides is 3. The number of piperidine rings is 1. The van der Waals surface area contributed by atoms with Gasteiger partial charge in [-0.3, -0.25) is 19.2 Å². The van der Waals surface area contributed by atoms with E-state index in [0.717, 1.165) is 44.5 Å². The second-order valence-corrected chi connectivity index (χ2v) is 12.5. The first-order valence-electron chi connectivity index (χ1n) is 17.5. The molecule has 9 nitrogen and oxygen atoms in total. The summed E-state index contributed by atoms with van der Waals surface area (Å²) >= 11 is 0. The van der Waals surface area contributed by atoms with Gasteiger partial charge in [0.05, 0.1) is 36.6 Å². The maximum atomic E-state index is 13.8. The molecule has 0 unspecified atom stereocenters. The van der Waals surface area contributed by atoms with Crippen molar-refractivity contribution in [2.24, 2.45) is 0 Å². The summed E-state index contributed by atoms with van der Waals surface area (Å²) in [7, 11) is 0. The van der Waals surface area contributed by atoms with Crippen molar-refractivity contribution >= 4 is 35.2 Å². The average Bonchev–Trinajstić information content (AvgIpc) is 3.16. The molecule has 12 heteroatoms. The van der Waals surface area contributed by atoms with Crippen LogP contribution in [0.5, 0.6) is 0 Å². The molecule has 0 aliphatic carbocycles. The Bertz CT molecular complexity index is 1890. The number of carbonyl (C=O) groups is 4. The number of anilines is 2. The minimum absolute atomic E-state index is 0.0103. The van der Waals surface area contributed by atoms with Crippen LogP contribution in [0.4, 0.5) is 24.5 Å². The van der Waals surface area contributed by atoms with Gasteiger partial charge in [0.25, 0.3) is 5.91 Å². The van der Waals surface area contributed by atoms with Crippen LogP contribution in [0.3, 0.4) is 0 Å². The molecule has 0 spiro atoms. The Balaban J connectivity index is 1.39. The molecule has 1 heterocycles. The highest BCUT2D eigenvalue weighted by molar-refractivity contribution is 6.10. The van der Waals surface area contributed by atoms with E-state index in [1.54, 1.807) is 86.6 Å². The van der Waals surface area contributed by atoms with Gasteiger partial charge in [-0.1, -0.05) is 66.7 Å². The molecule has 53 heavy (non-hydrogen) atoms. The summed E-state index contributed by atoms with van der Waals surface area (Å²) < 4.78 is 55.8. The van der Waals surface area contributed by atoms with Crippen LogP contribution in [0.25, 0.3) is 11.1 Å². The number of esters is 3. The molecule has 1 N–H and O–H groups in total. The van der Waals surface area contributed by atoms with E-state index in [9.17, 15) is 32.3 Å². The lowest BCUT2D eigenvalue weighted by Crippen LogP contribution is -2.50. The summed E-state index contributed by atoms with van der Waals surface area (Å²) in [4.78, 5) is 56.0. The minimum atomic E-state index is -4.48. The maximum Gasteiger partial charge on any atom is 0.416 e. The molecule has 1 aliphatic heterocycles. The number of hydrogen-bond donors (Lipinski definition) is 1. The number of nitrogens with one attached hydrogen (secondary N) is 1. The van der Waals surface area contributed by atoms with Crippen LogP contribution in [-0.2, 0) is 46.6 Å². The number of benzene rings is 4. The first-order chi connectivity index (χ1) is 25.5. The van der Waals surface area contributed by atoms with Gasteiger partial charge in [-0.05, 0) is 85.7 Å². The van der Waals surface area contributed by atoms with Gasteiger partial charge in [0.2, 0.25) is 5.41 Å². The summed E-state index contributed by atoms with van der Waals surface area (Å²) in [5, 5.41) is 2.98. The van der Waals surface area contributed by atoms with E-state index in [4.69, 9.17) is 14.2 Å². The van der Waals surface area contributed by atoms with Crippen molar-refractivity contribution in [2.75, 3.05) is 43.1 Å². The fourth-order valence-electron chi connectivity index (χ4n) is 6.31. The highest BCUT2D eigenvalue weighted by Crippen LogP contribution is 2.35. The van der Waals surface area contributed by atoms with Crippen LogP contribution in [-0.4, -0.2) is 56.7 Å². The number of halogens is 3. The van der Waals surface area contributed by atoms with Crippen molar-refractivity contribution in [3.05, 3.63) is 119 Å². The van der Waals surface area contributed by atoms with Crippen molar-refractivity contribution in [3.63, 3.8) is 0 Å². The van der Waals surface area contributed by atoms with E-state index >= 15 is 0 Å². The lowest BCUT2D eigenvalue weighted by Gasteiger charge is -2.31. The van der Waals surface area contributed by atoms with Gasteiger partial charge in [0.1, 0.15) is 6.61 Å². The molecule has 0 aromatic heterocycles. The lowest BCUT2D eigenvalue weighted by atomic mass is 9.81. The molecule has 0 radical (unpaired) electrons. The van der Waals surface area contributed by atoms with Crippen LogP contribution >= 0.6 is 0 Å². The van der Waals surface area contributed by atoms with Gasteiger partial charge in [-0.15, -0.1) is 0 Å². The molecular formula is C41H41F3N2O7. The Hall–Kier alpha value is -5.65. The molecule has 1 saturated heterocycles. The third-order valence-corrected chi connectivity index (χ3v) is 9.01. The standard InChI is InChI=1S/C41H41F3N2O7/c1-3-51-38(49)40(39(50)52-4-2,30-13-7-5-8-14-30)27-53-36(47)26-28-17-22-34(35(25-28)46-23-11-6-12-24-46)45-37(48)33-16-10-9-15-32(33)29-18-20-31(21-19-29)41(42,43)44/h5,7-10,13-22,25H,3-4,6,11-12,23-24,26-27H2,1-2H3,(H,45,48). The summed E-state index contributed by atoms with van der Waals surface area (Å²) in [6.45, 7) is 3.99. The highest BCUT2D eigenvalue weighted by Gasteiger charge is 2.52. The monoisotopic (exact) mass is 730 g/mol. The molecule has 1 aliphatic rings. The fraction of sp³-hybridized carbons (Fsp3) is 0.317.